The molecule has 2 heterocycles. The van der Waals surface area contributed by atoms with Crippen LogP contribution in [-0.2, 0) is 0 Å². The number of hydrogen-bond acceptors (Lipinski definition) is 1. The lowest BCUT2D eigenvalue weighted by molar-refractivity contribution is 1.19. The summed E-state index contributed by atoms with van der Waals surface area (Å²) in [6.45, 7) is 0. The summed E-state index contributed by atoms with van der Waals surface area (Å²) >= 11 is 1.89. The Balaban J connectivity index is 1.44. The molecule has 0 aliphatic heterocycles. The Labute approximate surface area is 212 Å². The lowest BCUT2D eigenvalue weighted by Crippen LogP contribution is -1.94. The Morgan fingerprint density at radius 2 is 1.22 bits per heavy atom. The Bertz CT molecular complexity index is 2110. The zero-order chi connectivity index (χ0) is 23.6. The van der Waals surface area contributed by atoms with Gasteiger partial charge in [-0.1, -0.05) is 97.1 Å². The maximum Gasteiger partial charge on any atom is 0.0547 e. The molecule has 0 aliphatic rings. The van der Waals surface area contributed by atoms with Crippen LogP contribution in [0.15, 0.2) is 127 Å². The van der Waals surface area contributed by atoms with Crippen LogP contribution >= 0.6 is 11.3 Å². The molecule has 0 saturated carbocycles. The first kappa shape index (κ1) is 19.9. The number of hydrogen-bond donors (Lipinski definition) is 0. The molecule has 36 heavy (non-hydrogen) atoms. The topological polar surface area (TPSA) is 4.93 Å². The minimum Gasteiger partial charge on any atom is -0.309 e. The largest absolute Gasteiger partial charge is 0.309 e. The summed E-state index contributed by atoms with van der Waals surface area (Å²) in [5.41, 5.74) is 6.22. The fraction of sp³-hybridized carbons (Fsp3) is 0. The molecular formula is C34H21NS. The molecule has 0 aliphatic carbocycles. The predicted molar refractivity (Wildman–Crippen MR) is 157 cm³/mol. The van der Waals surface area contributed by atoms with Crippen molar-refractivity contribution in [3.8, 4) is 16.8 Å². The first-order chi connectivity index (χ1) is 17.8. The van der Waals surface area contributed by atoms with E-state index < -0.39 is 0 Å². The first-order valence-corrected chi connectivity index (χ1v) is 13.1. The van der Waals surface area contributed by atoms with Crippen molar-refractivity contribution in [2.75, 3.05) is 0 Å². The van der Waals surface area contributed by atoms with Crippen molar-refractivity contribution in [1.29, 1.82) is 0 Å². The number of rotatable bonds is 2. The van der Waals surface area contributed by atoms with E-state index in [9.17, 15) is 0 Å². The Morgan fingerprint density at radius 1 is 0.472 bits per heavy atom. The molecule has 0 fully saturated rings. The summed E-state index contributed by atoms with van der Waals surface area (Å²) in [6, 6.07) is 46.5. The number of fused-ring (bicyclic) bond motifs is 7. The van der Waals surface area contributed by atoms with Crippen LogP contribution < -0.4 is 0 Å². The van der Waals surface area contributed by atoms with E-state index in [4.69, 9.17) is 0 Å². The van der Waals surface area contributed by atoms with Gasteiger partial charge in [0.05, 0.1) is 11.0 Å². The molecule has 2 aromatic heterocycles. The summed E-state index contributed by atoms with van der Waals surface area (Å²) in [5.74, 6) is 0. The molecule has 0 radical (unpaired) electrons. The monoisotopic (exact) mass is 475 g/mol. The van der Waals surface area contributed by atoms with Gasteiger partial charge in [-0.2, -0.15) is 0 Å². The van der Waals surface area contributed by atoms with E-state index in [1.807, 2.05) is 11.3 Å². The fourth-order valence-corrected chi connectivity index (χ4v) is 6.94. The van der Waals surface area contributed by atoms with Crippen molar-refractivity contribution in [1.82, 2.24) is 4.57 Å². The molecule has 0 saturated heterocycles. The van der Waals surface area contributed by atoms with Gasteiger partial charge in [0.1, 0.15) is 0 Å². The van der Waals surface area contributed by atoms with Crippen molar-refractivity contribution < 1.29 is 0 Å². The van der Waals surface area contributed by atoms with Gasteiger partial charge in [0.15, 0.2) is 0 Å². The fourth-order valence-electron chi connectivity index (χ4n) is 5.71. The van der Waals surface area contributed by atoms with Gasteiger partial charge in [0.2, 0.25) is 0 Å². The summed E-state index contributed by atoms with van der Waals surface area (Å²) in [6.07, 6.45) is 0. The highest BCUT2D eigenvalue weighted by Crippen LogP contribution is 2.41. The van der Waals surface area contributed by atoms with Crippen LogP contribution in [0.5, 0.6) is 0 Å². The van der Waals surface area contributed by atoms with Gasteiger partial charge in [-0.15, -0.1) is 11.3 Å². The number of para-hydroxylation sites is 1. The van der Waals surface area contributed by atoms with Gasteiger partial charge in [-0.3, -0.25) is 0 Å². The van der Waals surface area contributed by atoms with Crippen LogP contribution in [0.25, 0.3) is 69.6 Å². The van der Waals surface area contributed by atoms with Crippen LogP contribution in [0.2, 0.25) is 0 Å². The summed E-state index contributed by atoms with van der Waals surface area (Å²) in [7, 11) is 0. The van der Waals surface area contributed by atoms with Crippen LogP contribution in [0.3, 0.4) is 0 Å². The average molecular weight is 476 g/mol. The quantitative estimate of drug-likeness (QED) is 0.234. The van der Waals surface area contributed by atoms with Gasteiger partial charge in [0.25, 0.3) is 0 Å². The van der Waals surface area contributed by atoms with Crippen molar-refractivity contribution in [3.05, 3.63) is 127 Å². The molecule has 0 atom stereocenters. The molecule has 1 nitrogen and oxygen atoms in total. The second-order valence-electron chi connectivity index (χ2n) is 9.40. The van der Waals surface area contributed by atoms with Crippen LogP contribution in [0.1, 0.15) is 0 Å². The maximum absolute atomic E-state index is 2.42. The van der Waals surface area contributed by atoms with E-state index >= 15 is 0 Å². The molecule has 0 unspecified atom stereocenters. The van der Waals surface area contributed by atoms with Gasteiger partial charge in [-0.25, -0.2) is 0 Å². The van der Waals surface area contributed by atoms with E-state index in [1.54, 1.807) is 0 Å². The maximum atomic E-state index is 2.42. The third-order valence-corrected chi connectivity index (χ3v) is 8.60. The Hall–Kier alpha value is -4.40. The number of aromatic nitrogens is 1. The number of benzene rings is 6. The smallest absolute Gasteiger partial charge is 0.0547 e. The molecule has 8 rings (SSSR count). The summed E-state index contributed by atoms with van der Waals surface area (Å²) in [4.78, 5) is 0. The zero-order valence-electron chi connectivity index (χ0n) is 19.5. The highest BCUT2D eigenvalue weighted by molar-refractivity contribution is 7.26. The number of nitrogens with zero attached hydrogens (tertiary/aromatic N) is 1. The van der Waals surface area contributed by atoms with Crippen LogP contribution in [-0.4, -0.2) is 4.57 Å². The molecule has 2 heteroatoms. The van der Waals surface area contributed by atoms with Crippen molar-refractivity contribution in [2.24, 2.45) is 0 Å². The van der Waals surface area contributed by atoms with Crippen LogP contribution in [0.4, 0.5) is 0 Å². The van der Waals surface area contributed by atoms with Crippen molar-refractivity contribution in [2.45, 2.75) is 0 Å². The molecular weight excluding hydrogens is 454 g/mol. The van der Waals surface area contributed by atoms with E-state index in [2.05, 4.69) is 132 Å². The predicted octanol–water partition coefficient (Wildman–Crippen LogP) is 9.97. The van der Waals surface area contributed by atoms with Crippen molar-refractivity contribution >= 4 is 64.1 Å². The second-order valence-corrected chi connectivity index (χ2v) is 10.4. The van der Waals surface area contributed by atoms with E-state index in [1.165, 1.54) is 69.6 Å². The number of thiophene rings is 1. The Morgan fingerprint density at radius 3 is 2.17 bits per heavy atom. The molecule has 6 aromatic carbocycles. The zero-order valence-corrected chi connectivity index (χ0v) is 20.3. The third kappa shape index (κ3) is 2.82. The van der Waals surface area contributed by atoms with E-state index in [0.29, 0.717) is 0 Å². The van der Waals surface area contributed by atoms with E-state index in [0.717, 1.165) is 0 Å². The standard InChI is InChI=1S/C34H21NS/c1-2-9-23-20-25(18-16-22(23)8-1)35-31-14-5-3-10-27(31)28-19-17-24(21-32(28)35)26-12-7-13-30-29-11-4-6-15-33(29)36-34(26)30/h1-21H. The third-order valence-electron chi connectivity index (χ3n) is 7.38. The van der Waals surface area contributed by atoms with E-state index in [-0.39, 0.29) is 0 Å². The van der Waals surface area contributed by atoms with Crippen molar-refractivity contribution in [3.63, 3.8) is 0 Å². The Kier molecular flexibility index (Phi) is 4.16. The minimum atomic E-state index is 1.19. The highest BCUT2D eigenvalue weighted by Gasteiger charge is 2.15. The molecule has 0 amide bonds. The van der Waals surface area contributed by atoms with Crippen LogP contribution in [0, 0.1) is 0 Å². The lowest BCUT2D eigenvalue weighted by atomic mass is 10.0. The molecule has 168 valence electrons. The SMILES string of the molecule is c1ccc2cc(-n3c4ccccc4c4ccc(-c5cccc6c5sc5ccccc56)cc43)ccc2c1. The van der Waals surface area contributed by atoms with Gasteiger partial charge in [0, 0.05) is 36.6 Å². The van der Waals surface area contributed by atoms with Gasteiger partial charge in [-0.05, 0) is 52.2 Å². The van der Waals surface area contributed by atoms with Gasteiger partial charge < -0.3 is 4.57 Å². The normalized spacial score (nSPS) is 11.9. The minimum absolute atomic E-state index is 1.19. The molecule has 0 spiro atoms. The molecule has 0 N–H and O–H groups in total. The molecule has 0 bridgehead atoms. The lowest BCUT2D eigenvalue weighted by Gasteiger charge is -2.11. The first-order valence-electron chi connectivity index (χ1n) is 12.3. The average Bonchev–Trinajstić information content (AvgIpc) is 3.48. The summed E-state index contributed by atoms with van der Waals surface area (Å²) in [5, 5.41) is 7.76. The van der Waals surface area contributed by atoms with Gasteiger partial charge >= 0.3 is 0 Å². The summed E-state index contributed by atoms with van der Waals surface area (Å²) < 4.78 is 5.11. The second kappa shape index (κ2) is 7.55. The molecule has 8 aromatic rings. The highest BCUT2D eigenvalue weighted by atomic mass is 32.1.